The molecule has 1 N–H and O–H groups in total. The minimum Gasteiger partial charge on any atom is -0.446 e. The van der Waals surface area contributed by atoms with E-state index in [0.29, 0.717) is 48.9 Å². The average molecular weight is 399 g/mol. The molecule has 3 atom stereocenters. The molecular formula is C20H25N5O4. The minimum absolute atomic E-state index is 0.00443. The summed E-state index contributed by atoms with van der Waals surface area (Å²) in [6.07, 6.45) is 9.03. The second kappa shape index (κ2) is 7.62. The zero-order chi connectivity index (χ0) is 19.8. The van der Waals surface area contributed by atoms with Gasteiger partial charge >= 0.3 is 6.09 Å². The van der Waals surface area contributed by atoms with Crippen LogP contribution in [-0.2, 0) is 9.47 Å². The first-order valence-electron chi connectivity index (χ1n) is 10.3. The van der Waals surface area contributed by atoms with Crippen LogP contribution in [0, 0.1) is 17.8 Å². The summed E-state index contributed by atoms with van der Waals surface area (Å²) in [4.78, 5) is 34.7. The Bertz CT molecular complexity index is 897. The van der Waals surface area contributed by atoms with Crippen LogP contribution in [0.4, 0.5) is 4.79 Å². The van der Waals surface area contributed by atoms with Gasteiger partial charge < -0.3 is 19.7 Å². The fourth-order valence-electron chi connectivity index (χ4n) is 4.63. The Morgan fingerprint density at radius 3 is 2.79 bits per heavy atom. The SMILES string of the molecule is O=C(NCCC1[C@H]2CN(C(=O)OC3CCOCC3)C[C@@H]12)c1cnc2nccn2c1. The molecule has 0 aromatic carbocycles. The highest BCUT2D eigenvalue weighted by atomic mass is 16.6. The van der Waals surface area contributed by atoms with E-state index in [0.717, 1.165) is 32.4 Å². The van der Waals surface area contributed by atoms with Crippen LogP contribution in [0.3, 0.4) is 0 Å². The molecule has 1 aliphatic carbocycles. The molecule has 0 radical (unpaired) electrons. The second-order valence-corrected chi connectivity index (χ2v) is 8.11. The summed E-state index contributed by atoms with van der Waals surface area (Å²) in [5.74, 6) is 2.11. The molecule has 5 rings (SSSR count). The van der Waals surface area contributed by atoms with Gasteiger partial charge in [-0.1, -0.05) is 0 Å². The van der Waals surface area contributed by atoms with E-state index < -0.39 is 0 Å². The van der Waals surface area contributed by atoms with E-state index in [1.807, 2.05) is 4.90 Å². The van der Waals surface area contributed by atoms with Gasteiger partial charge in [-0.25, -0.2) is 14.8 Å². The number of likely N-dealkylation sites (tertiary alicyclic amines) is 1. The third kappa shape index (κ3) is 3.78. The Morgan fingerprint density at radius 2 is 2.00 bits per heavy atom. The van der Waals surface area contributed by atoms with Crippen molar-refractivity contribution >= 4 is 17.8 Å². The maximum absolute atomic E-state index is 12.3. The Balaban J connectivity index is 1.03. The number of fused-ring (bicyclic) bond motifs is 2. The predicted octanol–water partition coefficient (Wildman–Crippen LogP) is 1.34. The lowest BCUT2D eigenvalue weighted by molar-refractivity contribution is -0.00949. The van der Waals surface area contributed by atoms with Crippen molar-refractivity contribution in [3.05, 3.63) is 30.4 Å². The first-order chi connectivity index (χ1) is 14.2. The molecule has 2 aromatic heterocycles. The average Bonchev–Trinajstić information content (AvgIpc) is 3.11. The molecule has 154 valence electrons. The molecule has 1 saturated carbocycles. The van der Waals surface area contributed by atoms with E-state index in [9.17, 15) is 9.59 Å². The monoisotopic (exact) mass is 399 g/mol. The maximum Gasteiger partial charge on any atom is 0.410 e. The van der Waals surface area contributed by atoms with Crippen LogP contribution in [0.5, 0.6) is 0 Å². The first kappa shape index (κ1) is 18.4. The molecule has 4 heterocycles. The van der Waals surface area contributed by atoms with Gasteiger partial charge in [0.1, 0.15) is 6.10 Å². The number of piperidine rings is 1. The zero-order valence-electron chi connectivity index (χ0n) is 16.2. The fourth-order valence-corrected chi connectivity index (χ4v) is 4.63. The van der Waals surface area contributed by atoms with Crippen molar-refractivity contribution in [1.29, 1.82) is 0 Å². The summed E-state index contributed by atoms with van der Waals surface area (Å²) in [5, 5.41) is 2.97. The van der Waals surface area contributed by atoms with Gasteiger partial charge in [-0.15, -0.1) is 0 Å². The molecule has 0 spiro atoms. The summed E-state index contributed by atoms with van der Waals surface area (Å²) in [7, 11) is 0. The largest absolute Gasteiger partial charge is 0.446 e. The van der Waals surface area contributed by atoms with E-state index in [1.165, 1.54) is 0 Å². The maximum atomic E-state index is 12.3. The number of nitrogens with one attached hydrogen (secondary N) is 1. The predicted molar refractivity (Wildman–Crippen MR) is 102 cm³/mol. The van der Waals surface area contributed by atoms with Crippen LogP contribution < -0.4 is 5.32 Å². The number of carbonyl (C=O) groups is 2. The number of rotatable bonds is 5. The molecule has 0 bridgehead atoms. The summed E-state index contributed by atoms with van der Waals surface area (Å²) in [6, 6.07) is 0. The highest BCUT2D eigenvalue weighted by Crippen LogP contribution is 2.53. The zero-order valence-corrected chi connectivity index (χ0v) is 16.2. The summed E-state index contributed by atoms with van der Waals surface area (Å²) >= 11 is 0. The van der Waals surface area contributed by atoms with Crippen LogP contribution in [0.1, 0.15) is 29.6 Å². The highest BCUT2D eigenvalue weighted by Gasteiger charge is 2.56. The van der Waals surface area contributed by atoms with Crippen LogP contribution in [0.2, 0.25) is 0 Å². The highest BCUT2D eigenvalue weighted by molar-refractivity contribution is 5.93. The molecule has 9 nitrogen and oxygen atoms in total. The first-order valence-corrected chi connectivity index (χ1v) is 10.3. The number of nitrogens with zero attached hydrogens (tertiary/aromatic N) is 4. The molecule has 29 heavy (non-hydrogen) atoms. The quantitative estimate of drug-likeness (QED) is 0.815. The third-order valence-electron chi connectivity index (χ3n) is 6.34. The normalized spacial score (nSPS) is 26.3. The van der Waals surface area contributed by atoms with Crippen LogP contribution in [0.15, 0.2) is 24.8 Å². The Labute approximate surface area is 168 Å². The van der Waals surface area contributed by atoms with Crippen molar-refractivity contribution in [2.24, 2.45) is 17.8 Å². The number of carbonyl (C=O) groups excluding carboxylic acids is 2. The van der Waals surface area contributed by atoms with E-state index in [2.05, 4.69) is 15.3 Å². The van der Waals surface area contributed by atoms with Crippen LogP contribution in [0.25, 0.3) is 5.78 Å². The van der Waals surface area contributed by atoms with E-state index in [-0.39, 0.29) is 18.1 Å². The smallest absolute Gasteiger partial charge is 0.410 e. The number of hydrogen-bond acceptors (Lipinski definition) is 6. The number of hydrogen-bond donors (Lipinski definition) is 1. The second-order valence-electron chi connectivity index (χ2n) is 8.11. The number of amides is 2. The molecule has 1 unspecified atom stereocenters. The Hall–Kier alpha value is -2.68. The Morgan fingerprint density at radius 1 is 1.21 bits per heavy atom. The lowest BCUT2D eigenvalue weighted by Gasteiger charge is -2.26. The van der Waals surface area contributed by atoms with Gasteiger partial charge in [0.05, 0.1) is 18.8 Å². The molecule has 9 heteroatoms. The van der Waals surface area contributed by atoms with Gasteiger partial charge in [0.2, 0.25) is 5.78 Å². The number of imidazole rings is 1. The van der Waals surface area contributed by atoms with Crippen molar-refractivity contribution < 1.29 is 19.1 Å². The summed E-state index contributed by atoms with van der Waals surface area (Å²) in [6.45, 7) is 3.51. The summed E-state index contributed by atoms with van der Waals surface area (Å²) in [5.41, 5.74) is 0.522. The lowest BCUT2D eigenvalue weighted by Crippen LogP contribution is -2.36. The van der Waals surface area contributed by atoms with E-state index in [1.54, 1.807) is 29.2 Å². The third-order valence-corrected chi connectivity index (χ3v) is 6.34. The van der Waals surface area contributed by atoms with E-state index in [4.69, 9.17) is 9.47 Å². The molecule has 3 fully saturated rings. The van der Waals surface area contributed by atoms with Crippen molar-refractivity contribution in [3.8, 4) is 0 Å². The Kier molecular flexibility index (Phi) is 4.83. The molecule has 2 amide bonds. The van der Waals surface area contributed by atoms with Gasteiger partial charge in [0, 0.05) is 57.3 Å². The molecule has 2 aromatic rings. The molecule has 2 aliphatic heterocycles. The number of ether oxygens (including phenoxy) is 2. The standard InChI is InChI=1S/C20H25N5O4/c26-18(13-9-23-19-22-5-6-24(19)10-13)21-4-1-15-16-11-25(12-17(15)16)20(27)29-14-2-7-28-8-3-14/h5-6,9-10,14-17H,1-4,7-8,11-12H2,(H,21,26)/t15?,16-,17+. The topological polar surface area (TPSA) is 98.1 Å². The van der Waals surface area contributed by atoms with Crippen molar-refractivity contribution in [1.82, 2.24) is 24.6 Å². The molecule has 3 aliphatic rings. The van der Waals surface area contributed by atoms with Crippen molar-refractivity contribution in [3.63, 3.8) is 0 Å². The van der Waals surface area contributed by atoms with Gasteiger partial charge in [-0.05, 0) is 24.2 Å². The minimum atomic E-state index is -0.182. The van der Waals surface area contributed by atoms with Crippen molar-refractivity contribution in [2.75, 3.05) is 32.8 Å². The number of aromatic nitrogens is 3. The lowest BCUT2D eigenvalue weighted by atomic mass is 10.1. The van der Waals surface area contributed by atoms with Gasteiger partial charge in [0.15, 0.2) is 0 Å². The van der Waals surface area contributed by atoms with Gasteiger partial charge in [-0.2, -0.15) is 0 Å². The van der Waals surface area contributed by atoms with E-state index >= 15 is 0 Å². The fraction of sp³-hybridized carbons (Fsp3) is 0.600. The summed E-state index contributed by atoms with van der Waals surface area (Å²) < 4.78 is 12.6. The molecular weight excluding hydrogens is 374 g/mol. The molecule has 2 saturated heterocycles. The van der Waals surface area contributed by atoms with Crippen LogP contribution >= 0.6 is 0 Å². The van der Waals surface area contributed by atoms with Crippen molar-refractivity contribution in [2.45, 2.75) is 25.4 Å². The van der Waals surface area contributed by atoms with Gasteiger partial charge in [0.25, 0.3) is 5.91 Å². The van der Waals surface area contributed by atoms with Gasteiger partial charge in [-0.3, -0.25) is 9.20 Å². The van der Waals surface area contributed by atoms with Crippen LogP contribution in [-0.4, -0.2) is 70.2 Å².